The van der Waals surface area contributed by atoms with Crippen molar-refractivity contribution in [2.24, 2.45) is 5.22 Å². The number of rotatable bonds is 18. The van der Waals surface area contributed by atoms with Crippen LogP contribution in [0, 0.1) is 10.9 Å². The Balaban J connectivity index is 1.25. The predicted octanol–water partition coefficient (Wildman–Crippen LogP) is 5.73. The summed E-state index contributed by atoms with van der Waals surface area (Å²) in [5, 5.41) is 29.3. The van der Waals surface area contributed by atoms with E-state index in [9.17, 15) is 0 Å². The minimum absolute atomic E-state index is 0.00846. The van der Waals surface area contributed by atoms with Gasteiger partial charge in [-0.1, -0.05) is 22.9 Å². The Kier molecular flexibility index (Phi) is 13.7. The standard InChI is InChI=1S/C34H49ClN10O5/c1-23-18-43(19-24(2)49-23)28-6-8-29(9-7-28)45-21-31(33(41-45)48-13-4-12-47-14-11-46)40-34-38-16-27(17-39-34)26-5-10-30(35)32(15-26)50-25(3)20-44(22-36)42-37/h5,10,15-17,21-25,28-29,36-37,46H,4,6-9,11-14,18-20H2,1-3H3,(H,38,39,40)/t23-,24+,25-,28?,29?/m0/s1. The monoisotopic (exact) mass is 712 g/mol. The van der Waals surface area contributed by atoms with Crippen molar-refractivity contribution in [3.8, 4) is 22.8 Å². The number of aliphatic hydroxyl groups excluding tert-OH is 1. The van der Waals surface area contributed by atoms with Gasteiger partial charge in [0.05, 0.1) is 55.8 Å². The van der Waals surface area contributed by atoms with Crippen LogP contribution >= 0.6 is 11.6 Å². The molecule has 15 nitrogen and oxygen atoms in total. The molecule has 50 heavy (non-hydrogen) atoms. The maximum absolute atomic E-state index is 8.97. The van der Waals surface area contributed by atoms with Crippen molar-refractivity contribution in [2.75, 3.05) is 51.4 Å². The molecular formula is C34H49ClN10O5. The van der Waals surface area contributed by atoms with Crippen LogP contribution in [0.2, 0.25) is 5.02 Å². The Hall–Kier alpha value is -3.89. The zero-order valence-corrected chi connectivity index (χ0v) is 29.8. The van der Waals surface area contributed by atoms with E-state index in [4.69, 9.17) is 51.7 Å². The summed E-state index contributed by atoms with van der Waals surface area (Å²) in [4.78, 5) is 11.8. The van der Waals surface area contributed by atoms with Crippen LogP contribution in [-0.4, -0.2) is 112 Å². The first-order valence-electron chi connectivity index (χ1n) is 17.3. The molecule has 3 aromatic rings. The number of nitrogens with zero attached hydrogens (tertiary/aromatic N) is 7. The molecule has 1 saturated heterocycles. The number of hydrogen-bond acceptors (Lipinski definition) is 13. The van der Waals surface area contributed by atoms with Crippen LogP contribution in [0.1, 0.15) is 58.9 Å². The third-order valence-electron chi connectivity index (χ3n) is 8.82. The Labute approximate surface area is 298 Å². The highest BCUT2D eigenvalue weighted by molar-refractivity contribution is 6.32. The van der Waals surface area contributed by atoms with E-state index in [-0.39, 0.29) is 37.5 Å². The molecule has 4 N–H and O–H groups in total. The molecule has 2 fully saturated rings. The van der Waals surface area contributed by atoms with Crippen molar-refractivity contribution in [2.45, 2.75) is 83.3 Å². The van der Waals surface area contributed by atoms with E-state index in [2.05, 4.69) is 39.3 Å². The van der Waals surface area contributed by atoms with Gasteiger partial charge in [-0.05, 0) is 64.2 Å². The van der Waals surface area contributed by atoms with Crippen LogP contribution in [0.15, 0.2) is 42.0 Å². The minimum Gasteiger partial charge on any atom is -0.487 e. The number of nitrogens with one attached hydrogen (secondary N) is 3. The molecule has 1 aromatic carbocycles. The van der Waals surface area contributed by atoms with Gasteiger partial charge in [-0.3, -0.25) is 15.0 Å². The SMILES string of the molecule is C[C@@H]1CN(C2CCC(n3cc(Nc4ncc(-c5ccc(Cl)c(O[C@@H](C)CN(C=N)N=N)c5)cn4)c(OCCCOCCO)n3)CC2)C[C@H](C)O1. The molecule has 2 aromatic heterocycles. The molecule has 0 amide bonds. The normalized spacial score (nSPS) is 21.7. The molecule has 1 aliphatic heterocycles. The van der Waals surface area contributed by atoms with Crippen LogP contribution in [0.3, 0.4) is 0 Å². The molecule has 1 aliphatic carbocycles. The molecule has 1 saturated carbocycles. The van der Waals surface area contributed by atoms with Crippen LogP contribution in [-0.2, 0) is 9.47 Å². The number of anilines is 2. The summed E-state index contributed by atoms with van der Waals surface area (Å²) in [6, 6.07) is 6.24. The molecule has 2 aliphatic rings. The molecule has 3 heterocycles. The summed E-state index contributed by atoms with van der Waals surface area (Å²) in [7, 11) is 0. The van der Waals surface area contributed by atoms with Crippen molar-refractivity contribution in [1.82, 2.24) is 29.7 Å². The van der Waals surface area contributed by atoms with Gasteiger partial charge in [-0.2, -0.15) is 5.53 Å². The third-order valence-corrected chi connectivity index (χ3v) is 9.13. The summed E-state index contributed by atoms with van der Waals surface area (Å²) in [5.41, 5.74) is 9.41. The van der Waals surface area contributed by atoms with Gasteiger partial charge in [0.2, 0.25) is 5.95 Å². The highest BCUT2D eigenvalue weighted by atomic mass is 35.5. The maximum atomic E-state index is 8.97. The van der Waals surface area contributed by atoms with Crippen molar-refractivity contribution < 1.29 is 24.1 Å². The zero-order chi connectivity index (χ0) is 35.5. The Morgan fingerprint density at radius 2 is 1.82 bits per heavy atom. The van der Waals surface area contributed by atoms with E-state index in [0.29, 0.717) is 60.6 Å². The molecule has 0 spiro atoms. The number of aromatic nitrogens is 4. The van der Waals surface area contributed by atoms with Crippen LogP contribution in [0.25, 0.3) is 11.1 Å². The second-order valence-corrected chi connectivity index (χ2v) is 13.3. The lowest BCUT2D eigenvalue weighted by atomic mass is 9.89. The molecule has 0 bridgehead atoms. The van der Waals surface area contributed by atoms with Crippen LogP contribution in [0.5, 0.6) is 11.6 Å². The highest BCUT2D eigenvalue weighted by Gasteiger charge is 2.32. The van der Waals surface area contributed by atoms with Gasteiger partial charge < -0.3 is 29.4 Å². The van der Waals surface area contributed by atoms with E-state index in [1.54, 1.807) is 18.5 Å². The number of hydrogen-bond donors (Lipinski definition) is 4. The number of aliphatic hydroxyl groups is 1. The van der Waals surface area contributed by atoms with Gasteiger partial charge in [-0.25, -0.2) is 15.0 Å². The molecule has 3 atom stereocenters. The van der Waals surface area contributed by atoms with Crippen LogP contribution < -0.4 is 14.8 Å². The Bertz CT molecular complexity index is 1500. The fraction of sp³-hybridized carbons (Fsp3) is 0.588. The van der Waals surface area contributed by atoms with Gasteiger partial charge >= 0.3 is 0 Å². The van der Waals surface area contributed by atoms with Gasteiger partial charge in [0.15, 0.2) is 0 Å². The number of morpholine rings is 1. The molecule has 5 rings (SSSR count). The maximum Gasteiger partial charge on any atom is 0.256 e. The van der Waals surface area contributed by atoms with Crippen molar-refractivity contribution in [1.29, 1.82) is 10.9 Å². The van der Waals surface area contributed by atoms with Crippen molar-refractivity contribution in [3.63, 3.8) is 0 Å². The third kappa shape index (κ3) is 10.3. The first kappa shape index (κ1) is 37.4. The number of ether oxygens (including phenoxy) is 4. The average Bonchev–Trinajstić information content (AvgIpc) is 3.51. The Morgan fingerprint density at radius 3 is 2.50 bits per heavy atom. The summed E-state index contributed by atoms with van der Waals surface area (Å²) in [6.45, 7) is 9.51. The zero-order valence-electron chi connectivity index (χ0n) is 29.0. The summed E-state index contributed by atoms with van der Waals surface area (Å²) in [5.74, 6) is 1.34. The van der Waals surface area contributed by atoms with Crippen molar-refractivity contribution in [3.05, 3.63) is 41.8 Å². The van der Waals surface area contributed by atoms with E-state index in [1.807, 2.05) is 29.9 Å². The fourth-order valence-electron chi connectivity index (χ4n) is 6.53. The predicted molar refractivity (Wildman–Crippen MR) is 190 cm³/mol. The van der Waals surface area contributed by atoms with E-state index >= 15 is 0 Å². The van der Waals surface area contributed by atoms with Gasteiger partial charge in [0.1, 0.15) is 23.9 Å². The summed E-state index contributed by atoms with van der Waals surface area (Å²) < 4.78 is 25.5. The van der Waals surface area contributed by atoms with Gasteiger partial charge in [-0.15, -0.1) is 5.10 Å². The molecule has 272 valence electrons. The number of halogens is 1. The smallest absolute Gasteiger partial charge is 0.256 e. The highest BCUT2D eigenvalue weighted by Crippen LogP contribution is 2.36. The molecule has 0 unspecified atom stereocenters. The van der Waals surface area contributed by atoms with Gasteiger partial charge in [0, 0.05) is 50.1 Å². The molecule has 16 heteroatoms. The van der Waals surface area contributed by atoms with Crippen LogP contribution in [0.4, 0.5) is 11.6 Å². The first-order valence-corrected chi connectivity index (χ1v) is 17.6. The van der Waals surface area contributed by atoms with E-state index in [1.165, 1.54) is 0 Å². The fourth-order valence-corrected chi connectivity index (χ4v) is 6.69. The van der Waals surface area contributed by atoms with Crippen molar-refractivity contribution >= 4 is 29.6 Å². The molecular weight excluding hydrogens is 664 g/mol. The summed E-state index contributed by atoms with van der Waals surface area (Å²) in [6.07, 6.45) is 11.5. The average molecular weight is 713 g/mol. The topological polar surface area (TPSA) is 179 Å². The lowest BCUT2D eigenvalue weighted by molar-refractivity contribution is -0.0852. The number of benzene rings is 1. The lowest BCUT2D eigenvalue weighted by Crippen LogP contribution is -2.51. The molecule has 0 radical (unpaired) electrons. The van der Waals surface area contributed by atoms with Gasteiger partial charge in [0.25, 0.3) is 5.88 Å². The summed E-state index contributed by atoms with van der Waals surface area (Å²) >= 11 is 6.41. The second kappa shape index (κ2) is 18.4. The quantitative estimate of drug-likeness (QED) is 0.0416. The second-order valence-electron chi connectivity index (χ2n) is 12.9. The lowest BCUT2D eigenvalue weighted by Gasteiger charge is -2.42. The largest absolute Gasteiger partial charge is 0.487 e. The Morgan fingerprint density at radius 1 is 1.10 bits per heavy atom. The minimum atomic E-state index is -0.376. The van der Waals surface area contributed by atoms with E-state index in [0.717, 1.165) is 61.2 Å². The van der Waals surface area contributed by atoms with E-state index < -0.39 is 0 Å². The first-order chi connectivity index (χ1) is 24.3.